The molecular weight excluding hydrogens is 743 g/mol. The summed E-state index contributed by atoms with van der Waals surface area (Å²) >= 11 is 0. The van der Waals surface area contributed by atoms with Crippen molar-refractivity contribution in [3.05, 3.63) is 224 Å². The molecule has 0 aliphatic heterocycles. The van der Waals surface area contributed by atoms with Gasteiger partial charge in [0.15, 0.2) is 17.5 Å². The molecule has 11 rings (SSSR count). The van der Waals surface area contributed by atoms with Gasteiger partial charge in [-0.3, -0.25) is 0 Å². The van der Waals surface area contributed by atoms with Gasteiger partial charge >= 0.3 is 0 Å². The van der Waals surface area contributed by atoms with Crippen molar-refractivity contribution in [2.45, 2.75) is 0 Å². The summed E-state index contributed by atoms with van der Waals surface area (Å²) in [6.45, 7) is 0. The first-order chi connectivity index (χ1) is 30.2. The zero-order chi connectivity index (χ0) is 40.5. The molecule has 2 heterocycles. The smallest absolute Gasteiger partial charge is 0.164 e. The molecule has 0 aliphatic carbocycles. The van der Waals surface area contributed by atoms with Crippen LogP contribution >= 0.6 is 0 Å². The molecular formula is C57H37N3O. The van der Waals surface area contributed by atoms with Crippen LogP contribution in [0.2, 0.25) is 0 Å². The third-order valence-electron chi connectivity index (χ3n) is 11.4. The third kappa shape index (κ3) is 6.96. The fourth-order valence-electron chi connectivity index (χ4n) is 8.30. The number of rotatable bonds is 8. The van der Waals surface area contributed by atoms with Crippen molar-refractivity contribution in [2.24, 2.45) is 0 Å². The van der Waals surface area contributed by atoms with Crippen LogP contribution < -0.4 is 0 Å². The molecule has 0 saturated carbocycles. The van der Waals surface area contributed by atoms with Crippen molar-refractivity contribution in [2.75, 3.05) is 0 Å². The standard InChI is InChI=1S/C57H37N3O/c1-4-14-38(15-5-1)39-30-32-44(33-31-39)56-58-55(43-18-8-3-9-19-43)59-57(60-56)50-24-13-25-53-54(50)51-37-46(34-35-52(51)61-53)41-28-26-40(27-29-41)45-20-12-21-47(36-45)49-23-11-10-22-48(49)42-16-6-2-7-17-42/h1-37H. The molecule has 0 saturated heterocycles. The van der Waals surface area contributed by atoms with E-state index in [2.05, 4.69) is 176 Å². The van der Waals surface area contributed by atoms with Crippen LogP contribution in [0.3, 0.4) is 0 Å². The number of benzene rings is 9. The minimum absolute atomic E-state index is 0.590. The molecule has 0 fully saturated rings. The Labute approximate surface area is 354 Å². The Morgan fingerprint density at radius 2 is 0.656 bits per heavy atom. The van der Waals surface area contributed by atoms with Crippen LogP contribution in [0.4, 0.5) is 0 Å². The summed E-state index contributed by atoms with van der Waals surface area (Å²) in [5, 5.41) is 1.98. The predicted molar refractivity (Wildman–Crippen MR) is 251 cm³/mol. The van der Waals surface area contributed by atoms with E-state index < -0.39 is 0 Å². The lowest BCUT2D eigenvalue weighted by atomic mass is 9.92. The van der Waals surface area contributed by atoms with Gasteiger partial charge in [-0.05, 0) is 79.9 Å². The Morgan fingerprint density at radius 1 is 0.246 bits per heavy atom. The van der Waals surface area contributed by atoms with E-state index in [1.807, 2.05) is 48.5 Å². The SMILES string of the molecule is c1ccc(-c2ccc(-c3nc(-c4ccccc4)nc(-c4cccc5oc6ccc(-c7ccc(-c8cccc(-c9ccccc9-c9ccccc9)c8)cc7)cc6c45)n3)cc2)cc1. The summed E-state index contributed by atoms with van der Waals surface area (Å²) in [7, 11) is 0. The van der Waals surface area contributed by atoms with Gasteiger partial charge in [0.25, 0.3) is 0 Å². The molecule has 2 aromatic heterocycles. The summed E-state index contributed by atoms with van der Waals surface area (Å²) < 4.78 is 6.48. The van der Waals surface area contributed by atoms with Crippen molar-refractivity contribution in [1.29, 1.82) is 0 Å². The number of furan rings is 1. The minimum Gasteiger partial charge on any atom is -0.456 e. The summed E-state index contributed by atoms with van der Waals surface area (Å²) in [4.78, 5) is 15.2. The largest absolute Gasteiger partial charge is 0.456 e. The lowest BCUT2D eigenvalue weighted by molar-refractivity contribution is 0.669. The van der Waals surface area contributed by atoms with E-state index in [-0.39, 0.29) is 0 Å². The van der Waals surface area contributed by atoms with Gasteiger partial charge in [0.2, 0.25) is 0 Å². The Bertz CT molecular complexity index is 3320. The third-order valence-corrected chi connectivity index (χ3v) is 11.4. The lowest BCUT2D eigenvalue weighted by Gasteiger charge is -2.12. The normalized spacial score (nSPS) is 11.3. The first-order valence-electron chi connectivity index (χ1n) is 20.5. The molecule has 0 aliphatic rings. The molecule has 0 N–H and O–H groups in total. The summed E-state index contributed by atoms with van der Waals surface area (Å²) in [5.41, 5.74) is 16.0. The second-order valence-electron chi connectivity index (χ2n) is 15.2. The molecule has 11 aromatic rings. The second-order valence-corrected chi connectivity index (χ2v) is 15.2. The zero-order valence-electron chi connectivity index (χ0n) is 33.1. The molecule has 4 heteroatoms. The summed E-state index contributed by atoms with van der Waals surface area (Å²) in [5.74, 6) is 1.82. The summed E-state index contributed by atoms with van der Waals surface area (Å²) in [6.07, 6.45) is 0. The van der Waals surface area contributed by atoms with Gasteiger partial charge in [-0.15, -0.1) is 0 Å². The van der Waals surface area contributed by atoms with Gasteiger partial charge in [-0.25, -0.2) is 15.0 Å². The highest BCUT2D eigenvalue weighted by atomic mass is 16.3. The van der Waals surface area contributed by atoms with Gasteiger partial charge in [0.05, 0.1) is 0 Å². The Kier molecular flexibility index (Phi) is 9.14. The number of aromatic nitrogens is 3. The van der Waals surface area contributed by atoms with Gasteiger partial charge in [0.1, 0.15) is 11.2 Å². The molecule has 0 bridgehead atoms. The summed E-state index contributed by atoms with van der Waals surface area (Å²) in [6, 6.07) is 78.3. The number of hydrogen-bond acceptors (Lipinski definition) is 4. The highest BCUT2D eigenvalue weighted by Gasteiger charge is 2.19. The van der Waals surface area contributed by atoms with Crippen LogP contribution in [-0.2, 0) is 0 Å². The Balaban J connectivity index is 0.961. The van der Waals surface area contributed by atoms with Gasteiger partial charge in [-0.2, -0.15) is 0 Å². The van der Waals surface area contributed by atoms with E-state index >= 15 is 0 Å². The van der Waals surface area contributed by atoms with Crippen LogP contribution in [-0.4, -0.2) is 15.0 Å². The number of fused-ring (bicyclic) bond motifs is 3. The first-order valence-corrected chi connectivity index (χ1v) is 20.5. The van der Waals surface area contributed by atoms with E-state index in [4.69, 9.17) is 19.4 Å². The van der Waals surface area contributed by atoms with Crippen LogP contribution in [0.5, 0.6) is 0 Å². The van der Waals surface area contributed by atoms with Crippen LogP contribution in [0.25, 0.3) is 112 Å². The maximum Gasteiger partial charge on any atom is 0.164 e. The molecule has 9 aromatic carbocycles. The molecule has 61 heavy (non-hydrogen) atoms. The molecule has 0 amide bonds. The van der Waals surface area contributed by atoms with Gasteiger partial charge < -0.3 is 4.42 Å². The molecule has 286 valence electrons. The van der Waals surface area contributed by atoms with Gasteiger partial charge in [0, 0.05) is 27.5 Å². The quantitative estimate of drug-likeness (QED) is 0.154. The Morgan fingerprint density at radius 3 is 1.31 bits per heavy atom. The fourth-order valence-corrected chi connectivity index (χ4v) is 8.30. The van der Waals surface area contributed by atoms with Crippen molar-refractivity contribution in [3.8, 4) is 89.8 Å². The van der Waals surface area contributed by atoms with E-state index in [9.17, 15) is 0 Å². The average molecular weight is 780 g/mol. The van der Waals surface area contributed by atoms with E-state index in [0.717, 1.165) is 66.4 Å². The molecule has 0 spiro atoms. The van der Waals surface area contributed by atoms with Gasteiger partial charge in [-0.1, -0.05) is 200 Å². The Hall–Kier alpha value is -8.21. The monoisotopic (exact) mass is 779 g/mol. The maximum absolute atomic E-state index is 6.48. The van der Waals surface area contributed by atoms with E-state index in [0.29, 0.717) is 17.5 Å². The minimum atomic E-state index is 0.590. The fraction of sp³-hybridized carbons (Fsp3) is 0. The first kappa shape index (κ1) is 35.9. The molecule has 0 radical (unpaired) electrons. The van der Waals surface area contributed by atoms with Crippen molar-refractivity contribution >= 4 is 21.9 Å². The van der Waals surface area contributed by atoms with E-state index in [1.165, 1.54) is 27.8 Å². The molecule has 0 atom stereocenters. The maximum atomic E-state index is 6.48. The van der Waals surface area contributed by atoms with Crippen LogP contribution in [0.1, 0.15) is 0 Å². The number of hydrogen-bond donors (Lipinski definition) is 0. The average Bonchev–Trinajstić information content (AvgIpc) is 3.73. The number of nitrogens with zero attached hydrogens (tertiary/aromatic N) is 3. The van der Waals surface area contributed by atoms with E-state index in [1.54, 1.807) is 0 Å². The molecule has 4 nitrogen and oxygen atoms in total. The highest BCUT2D eigenvalue weighted by molar-refractivity contribution is 6.12. The van der Waals surface area contributed by atoms with Crippen LogP contribution in [0.15, 0.2) is 229 Å². The van der Waals surface area contributed by atoms with Crippen molar-refractivity contribution in [3.63, 3.8) is 0 Å². The topological polar surface area (TPSA) is 51.8 Å². The van der Waals surface area contributed by atoms with Crippen molar-refractivity contribution < 1.29 is 4.42 Å². The second kappa shape index (κ2) is 15.5. The lowest BCUT2D eigenvalue weighted by Crippen LogP contribution is -2.00. The van der Waals surface area contributed by atoms with Crippen LogP contribution in [0, 0.1) is 0 Å². The van der Waals surface area contributed by atoms with Crippen molar-refractivity contribution in [1.82, 2.24) is 15.0 Å². The predicted octanol–water partition coefficient (Wildman–Crippen LogP) is 15.1. The zero-order valence-corrected chi connectivity index (χ0v) is 33.1. The highest BCUT2D eigenvalue weighted by Crippen LogP contribution is 2.39. The molecule has 0 unspecified atom stereocenters.